The van der Waals surface area contributed by atoms with Crippen LogP contribution in [-0.2, 0) is 11.2 Å². The van der Waals surface area contributed by atoms with Crippen molar-refractivity contribution in [2.45, 2.75) is 18.5 Å². The summed E-state index contributed by atoms with van der Waals surface area (Å²) in [6.07, 6.45) is 0.427. The molecule has 1 aromatic heterocycles. The molecule has 0 fully saturated rings. The topological polar surface area (TPSA) is 65.1 Å². The van der Waals surface area contributed by atoms with Crippen LogP contribution in [0.5, 0.6) is 0 Å². The number of carboxylic acid groups (broad SMARTS) is 1. The molecule has 3 N–H and O–H groups in total. The van der Waals surface area contributed by atoms with E-state index in [1.54, 1.807) is 12.1 Å². The summed E-state index contributed by atoms with van der Waals surface area (Å²) in [6.45, 7) is 0. The fourth-order valence-corrected chi connectivity index (χ4v) is 3.89. The molecule has 0 amide bonds. The largest absolute Gasteiger partial charge is 0.480 e. The quantitative estimate of drug-likeness (QED) is 0.642. The van der Waals surface area contributed by atoms with Gasteiger partial charge < -0.3 is 10.1 Å². The summed E-state index contributed by atoms with van der Waals surface area (Å²) >= 11 is 12.4. The van der Waals surface area contributed by atoms with Crippen LogP contribution in [0.15, 0.2) is 42.5 Å². The normalized spacial score (nSPS) is 20.1. The first-order valence-corrected chi connectivity index (χ1v) is 8.33. The smallest absolute Gasteiger partial charge is 0.321 e. The summed E-state index contributed by atoms with van der Waals surface area (Å²) in [7, 11) is 0. The zero-order valence-electron chi connectivity index (χ0n) is 12.5. The number of nitrogens with one attached hydrogen (secondary N) is 2. The maximum absolute atomic E-state index is 11.6. The highest BCUT2D eigenvalue weighted by atomic mass is 35.5. The van der Waals surface area contributed by atoms with E-state index in [4.69, 9.17) is 23.2 Å². The summed E-state index contributed by atoms with van der Waals surface area (Å²) < 4.78 is 0. The van der Waals surface area contributed by atoms with Gasteiger partial charge in [0.1, 0.15) is 6.04 Å². The molecule has 122 valence electrons. The lowest BCUT2D eigenvalue weighted by Crippen LogP contribution is -2.45. The molecule has 0 saturated heterocycles. The number of fused-ring (bicyclic) bond motifs is 3. The third-order valence-corrected chi connectivity index (χ3v) is 5.05. The lowest BCUT2D eigenvalue weighted by Gasteiger charge is -2.30. The Labute approximate surface area is 148 Å². The van der Waals surface area contributed by atoms with Crippen LogP contribution in [0.4, 0.5) is 0 Å². The third kappa shape index (κ3) is 2.47. The highest BCUT2D eigenvalue weighted by molar-refractivity contribution is 6.35. The molecular weight excluding hydrogens is 347 g/mol. The molecule has 0 radical (unpaired) electrons. The predicted molar refractivity (Wildman–Crippen MR) is 94.9 cm³/mol. The number of aliphatic carboxylic acids is 1. The molecule has 0 bridgehead atoms. The minimum absolute atomic E-state index is 0.327. The Balaban J connectivity index is 1.92. The Morgan fingerprint density at radius 3 is 2.71 bits per heavy atom. The summed E-state index contributed by atoms with van der Waals surface area (Å²) in [4.78, 5) is 15.0. The second kappa shape index (κ2) is 5.81. The van der Waals surface area contributed by atoms with Gasteiger partial charge in [-0.25, -0.2) is 0 Å². The van der Waals surface area contributed by atoms with Crippen LogP contribution >= 0.6 is 23.2 Å². The molecular formula is C18H14Cl2N2O2. The van der Waals surface area contributed by atoms with Crippen molar-refractivity contribution in [3.8, 4) is 0 Å². The van der Waals surface area contributed by atoms with E-state index in [2.05, 4.69) is 10.3 Å². The number of H-pyrrole nitrogens is 1. The molecule has 2 aromatic carbocycles. The maximum atomic E-state index is 11.6. The highest BCUT2D eigenvalue weighted by Gasteiger charge is 2.34. The van der Waals surface area contributed by atoms with Crippen LogP contribution in [-0.4, -0.2) is 22.1 Å². The Bertz CT molecular complexity index is 951. The first-order valence-electron chi connectivity index (χ1n) is 7.58. The van der Waals surface area contributed by atoms with Gasteiger partial charge in [-0.1, -0.05) is 47.5 Å². The van der Waals surface area contributed by atoms with Crippen molar-refractivity contribution in [2.75, 3.05) is 0 Å². The minimum Gasteiger partial charge on any atom is -0.480 e. The number of rotatable bonds is 2. The van der Waals surface area contributed by atoms with Crippen molar-refractivity contribution in [1.82, 2.24) is 10.3 Å². The first-order chi connectivity index (χ1) is 11.5. The van der Waals surface area contributed by atoms with E-state index in [0.29, 0.717) is 16.5 Å². The molecule has 6 heteroatoms. The molecule has 0 unspecified atom stereocenters. The van der Waals surface area contributed by atoms with E-state index >= 15 is 0 Å². The number of hydrogen-bond acceptors (Lipinski definition) is 2. The first kappa shape index (κ1) is 15.5. The monoisotopic (exact) mass is 360 g/mol. The fourth-order valence-electron chi connectivity index (χ4n) is 3.37. The Kier molecular flexibility index (Phi) is 3.76. The molecule has 0 saturated carbocycles. The molecule has 1 aliphatic heterocycles. The molecule has 4 nitrogen and oxygen atoms in total. The number of carbonyl (C=O) groups is 1. The standard InChI is InChI=1S/C18H14Cl2N2O2/c19-9-5-6-11(13(20)7-9)16-17-12(8-15(22-16)18(23)24)10-3-1-2-4-14(10)21-17/h1-7,15-16,21-22H,8H2,(H,23,24)/t15-,16+/m0/s1. The zero-order valence-corrected chi connectivity index (χ0v) is 14.0. The lowest BCUT2D eigenvalue weighted by molar-refractivity contribution is -0.139. The van der Waals surface area contributed by atoms with Crippen molar-refractivity contribution in [3.63, 3.8) is 0 Å². The van der Waals surface area contributed by atoms with Gasteiger partial charge >= 0.3 is 5.97 Å². The minimum atomic E-state index is -0.874. The van der Waals surface area contributed by atoms with Crippen molar-refractivity contribution in [3.05, 3.63) is 69.3 Å². The van der Waals surface area contributed by atoms with Crippen LogP contribution < -0.4 is 5.32 Å². The SMILES string of the molecule is O=C(O)[C@@H]1Cc2c([nH]c3ccccc23)[C@@H](c2ccc(Cl)cc2Cl)N1. The van der Waals surface area contributed by atoms with Crippen LogP contribution in [0.1, 0.15) is 22.9 Å². The van der Waals surface area contributed by atoms with Gasteiger partial charge in [0.25, 0.3) is 0 Å². The third-order valence-electron chi connectivity index (χ3n) is 4.48. The van der Waals surface area contributed by atoms with Crippen LogP contribution in [0.3, 0.4) is 0 Å². The Morgan fingerprint density at radius 1 is 1.17 bits per heavy atom. The van der Waals surface area contributed by atoms with E-state index < -0.39 is 12.0 Å². The molecule has 3 aromatic rings. The van der Waals surface area contributed by atoms with Gasteiger partial charge in [0.2, 0.25) is 0 Å². The van der Waals surface area contributed by atoms with E-state index in [9.17, 15) is 9.90 Å². The second-order valence-electron chi connectivity index (χ2n) is 5.92. The summed E-state index contributed by atoms with van der Waals surface area (Å²) in [6, 6.07) is 12.2. The summed E-state index contributed by atoms with van der Waals surface area (Å²) in [5.41, 5.74) is 3.77. The number of hydrogen-bond donors (Lipinski definition) is 3. The number of carboxylic acids is 1. The number of para-hydroxylation sites is 1. The molecule has 4 rings (SSSR count). The average Bonchev–Trinajstić information content (AvgIpc) is 2.93. The van der Waals surface area contributed by atoms with Crippen LogP contribution in [0.25, 0.3) is 10.9 Å². The van der Waals surface area contributed by atoms with E-state index in [0.717, 1.165) is 27.7 Å². The van der Waals surface area contributed by atoms with E-state index in [-0.39, 0.29) is 6.04 Å². The fraction of sp³-hybridized carbons (Fsp3) is 0.167. The number of aromatic amines is 1. The van der Waals surface area contributed by atoms with Gasteiger partial charge in [-0.2, -0.15) is 0 Å². The van der Waals surface area contributed by atoms with Gasteiger partial charge in [0.05, 0.1) is 6.04 Å². The van der Waals surface area contributed by atoms with Crippen LogP contribution in [0.2, 0.25) is 10.0 Å². The van der Waals surface area contributed by atoms with Gasteiger partial charge in [-0.3, -0.25) is 10.1 Å². The van der Waals surface area contributed by atoms with Crippen molar-refractivity contribution >= 4 is 40.1 Å². The van der Waals surface area contributed by atoms with Crippen molar-refractivity contribution in [2.24, 2.45) is 0 Å². The molecule has 24 heavy (non-hydrogen) atoms. The zero-order chi connectivity index (χ0) is 16.8. The summed E-state index contributed by atoms with van der Waals surface area (Å²) in [5.74, 6) is -0.874. The van der Waals surface area contributed by atoms with Gasteiger partial charge in [-0.05, 0) is 29.3 Å². The number of aromatic nitrogens is 1. The molecule has 2 heterocycles. The second-order valence-corrected chi connectivity index (χ2v) is 6.77. The van der Waals surface area contributed by atoms with Crippen molar-refractivity contribution in [1.29, 1.82) is 0 Å². The van der Waals surface area contributed by atoms with Gasteiger partial charge in [0.15, 0.2) is 0 Å². The average molecular weight is 361 g/mol. The highest BCUT2D eigenvalue weighted by Crippen LogP contribution is 2.38. The molecule has 0 aliphatic carbocycles. The number of benzene rings is 2. The Morgan fingerprint density at radius 2 is 1.96 bits per heavy atom. The molecule has 1 aliphatic rings. The predicted octanol–water partition coefficient (Wildman–Crippen LogP) is 4.16. The van der Waals surface area contributed by atoms with Crippen molar-refractivity contribution < 1.29 is 9.90 Å². The van der Waals surface area contributed by atoms with Gasteiger partial charge in [-0.15, -0.1) is 0 Å². The number of halogens is 2. The maximum Gasteiger partial charge on any atom is 0.321 e. The molecule has 2 atom stereocenters. The van der Waals surface area contributed by atoms with E-state index in [1.807, 2.05) is 30.3 Å². The summed E-state index contributed by atoms with van der Waals surface area (Å²) in [5, 5.41) is 14.8. The van der Waals surface area contributed by atoms with E-state index in [1.165, 1.54) is 0 Å². The van der Waals surface area contributed by atoms with Crippen LogP contribution in [0, 0.1) is 0 Å². The van der Waals surface area contributed by atoms with Gasteiger partial charge in [0, 0.05) is 33.1 Å². The molecule has 0 spiro atoms. The lowest BCUT2D eigenvalue weighted by atomic mass is 9.90. The Hall–Kier alpha value is -2.01.